The fourth-order valence-corrected chi connectivity index (χ4v) is 3.42. The Morgan fingerprint density at radius 1 is 1.15 bits per heavy atom. The van der Waals surface area contributed by atoms with E-state index in [2.05, 4.69) is 45.3 Å². The van der Waals surface area contributed by atoms with E-state index in [1.165, 1.54) is 35.1 Å². The highest BCUT2D eigenvalue weighted by atomic mass is 16.5. The van der Waals surface area contributed by atoms with Gasteiger partial charge in [0, 0.05) is 6.61 Å². The normalized spacial score (nSPS) is 20.3. The summed E-state index contributed by atoms with van der Waals surface area (Å²) in [5.41, 5.74) is 5.96. The molecule has 0 radical (unpaired) electrons. The summed E-state index contributed by atoms with van der Waals surface area (Å²) in [5, 5.41) is 3.52. The maximum Gasteiger partial charge on any atom is 0.0770 e. The van der Waals surface area contributed by atoms with Crippen LogP contribution in [0.1, 0.15) is 61.9 Å². The van der Waals surface area contributed by atoms with Crippen molar-refractivity contribution in [2.45, 2.75) is 65.0 Å². The van der Waals surface area contributed by atoms with Crippen LogP contribution >= 0.6 is 0 Å². The lowest BCUT2D eigenvalue weighted by atomic mass is 9.86. The molecule has 0 aliphatic carbocycles. The SMILES string of the molecule is CCc1cc(CC)c(C(NC)C2CCCO2)c(CC)c1. The van der Waals surface area contributed by atoms with E-state index in [1.807, 2.05) is 0 Å². The highest BCUT2D eigenvalue weighted by Gasteiger charge is 2.29. The van der Waals surface area contributed by atoms with Crippen molar-refractivity contribution in [2.24, 2.45) is 0 Å². The van der Waals surface area contributed by atoms with Gasteiger partial charge in [-0.3, -0.25) is 0 Å². The Labute approximate surface area is 123 Å². The van der Waals surface area contributed by atoms with Crippen molar-refractivity contribution in [3.8, 4) is 0 Å². The van der Waals surface area contributed by atoms with Crippen LogP contribution in [0.15, 0.2) is 12.1 Å². The minimum absolute atomic E-state index is 0.336. The summed E-state index contributed by atoms with van der Waals surface area (Å²) in [5.74, 6) is 0. The topological polar surface area (TPSA) is 21.3 Å². The number of aryl methyl sites for hydroxylation is 3. The molecule has 1 fully saturated rings. The van der Waals surface area contributed by atoms with Crippen molar-refractivity contribution < 1.29 is 4.74 Å². The third kappa shape index (κ3) is 3.07. The average Bonchev–Trinajstić information content (AvgIpc) is 3.01. The minimum Gasteiger partial charge on any atom is -0.376 e. The van der Waals surface area contributed by atoms with Crippen LogP contribution in [-0.2, 0) is 24.0 Å². The Kier molecular flexibility index (Phi) is 5.62. The highest BCUT2D eigenvalue weighted by molar-refractivity contribution is 5.42. The van der Waals surface area contributed by atoms with E-state index in [1.54, 1.807) is 0 Å². The van der Waals surface area contributed by atoms with Gasteiger partial charge in [-0.2, -0.15) is 0 Å². The predicted octanol–water partition coefficient (Wildman–Crippen LogP) is 3.81. The van der Waals surface area contributed by atoms with E-state index in [4.69, 9.17) is 4.74 Å². The van der Waals surface area contributed by atoms with Crippen LogP contribution in [0.25, 0.3) is 0 Å². The van der Waals surface area contributed by atoms with E-state index < -0.39 is 0 Å². The second-order valence-corrected chi connectivity index (χ2v) is 5.71. The van der Waals surface area contributed by atoms with Gasteiger partial charge in [0.1, 0.15) is 0 Å². The molecular formula is C18H29NO. The molecule has 1 aliphatic heterocycles. The second-order valence-electron chi connectivity index (χ2n) is 5.71. The number of nitrogens with one attached hydrogen (secondary N) is 1. The molecule has 0 bridgehead atoms. The molecule has 2 nitrogen and oxygen atoms in total. The maximum atomic E-state index is 5.95. The number of benzene rings is 1. The van der Waals surface area contributed by atoms with Crippen molar-refractivity contribution in [1.29, 1.82) is 0 Å². The van der Waals surface area contributed by atoms with Gasteiger partial charge < -0.3 is 10.1 Å². The molecule has 0 aromatic heterocycles. The zero-order valence-electron chi connectivity index (χ0n) is 13.5. The molecule has 112 valence electrons. The lowest BCUT2D eigenvalue weighted by Crippen LogP contribution is -2.31. The molecule has 1 aliphatic rings. The van der Waals surface area contributed by atoms with Crippen LogP contribution in [0.2, 0.25) is 0 Å². The summed E-state index contributed by atoms with van der Waals surface area (Å²) in [6, 6.07) is 5.13. The fourth-order valence-electron chi connectivity index (χ4n) is 3.42. The smallest absolute Gasteiger partial charge is 0.0770 e. The molecule has 0 saturated carbocycles. The average molecular weight is 275 g/mol. The third-order valence-electron chi connectivity index (χ3n) is 4.54. The Morgan fingerprint density at radius 3 is 2.20 bits per heavy atom. The second kappa shape index (κ2) is 7.24. The quantitative estimate of drug-likeness (QED) is 0.852. The van der Waals surface area contributed by atoms with Gasteiger partial charge in [-0.25, -0.2) is 0 Å². The van der Waals surface area contributed by atoms with Crippen LogP contribution in [-0.4, -0.2) is 19.8 Å². The Morgan fingerprint density at radius 2 is 1.80 bits per heavy atom. The van der Waals surface area contributed by atoms with E-state index in [-0.39, 0.29) is 0 Å². The Bertz CT molecular complexity index is 410. The molecule has 0 spiro atoms. The largest absolute Gasteiger partial charge is 0.376 e. The van der Waals surface area contributed by atoms with Gasteiger partial charge in [-0.1, -0.05) is 32.9 Å². The van der Waals surface area contributed by atoms with Crippen molar-refractivity contribution in [1.82, 2.24) is 5.32 Å². The van der Waals surface area contributed by atoms with Gasteiger partial charge in [0.2, 0.25) is 0 Å². The zero-order valence-corrected chi connectivity index (χ0v) is 13.5. The third-order valence-corrected chi connectivity index (χ3v) is 4.54. The van der Waals surface area contributed by atoms with Gasteiger partial charge in [0.05, 0.1) is 12.1 Å². The first-order chi connectivity index (χ1) is 9.74. The lowest BCUT2D eigenvalue weighted by molar-refractivity contribution is 0.0802. The Hall–Kier alpha value is -0.860. The van der Waals surface area contributed by atoms with Gasteiger partial charge in [0.25, 0.3) is 0 Å². The monoisotopic (exact) mass is 275 g/mol. The van der Waals surface area contributed by atoms with Gasteiger partial charge in [-0.15, -0.1) is 0 Å². The first-order valence-corrected chi connectivity index (χ1v) is 8.18. The number of hydrogen-bond donors (Lipinski definition) is 1. The highest BCUT2D eigenvalue weighted by Crippen LogP contribution is 2.32. The number of ether oxygens (including phenoxy) is 1. The van der Waals surface area contributed by atoms with Crippen molar-refractivity contribution in [2.75, 3.05) is 13.7 Å². The predicted molar refractivity (Wildman–Crippen MR) is 85.4 cm³/mol. The molecule has 1 aromatic rings. The van der Waals surface area contributed by atoms with Crippen molar-refractivity contribution >= 4 is 0 Å². The molecule has 2 unspecified atom stereocenters. The summed E-state index contributed by atoms with van der Waals surface area (Å²) in [7, 11) is 2.07. The molecule has 1 N–H and O–H groups in total. The molecule has 2 atom stereocenters. The summed E-state index contributed by atoms with van der Waals surface area (Å²) < 4.78 is 5.95. The molecule has 1 saturated heterocycles. The molecule has 0 amide bonds. The van der Waals surface area contributed by atoms with Crippen molar-refractivity contribution in [3.63, 3.8) is 0 Å². The van der Waals surface area contributed by atoms with Crippen LogP contribution in [0.5, 0.6) is 0 Å². The zero-order chi connectivity index (χ0) is 14.5. The molecule has 1 heterocycles. The summed E-state index contributed by atoms with van der Waals surface area (Å²) in [6.07, 6.45) is 6.02. The van der Waals surface area contributed by atoms with Gasteiger partial charge in [0.15, 0.2) is 0 Å². The van der Waals surface area contributed by atoms with Gasteiger partial charge >= 0.3 is 0 Å². The summed E-state index contributed by atoms with van der Waals surface area (Å²) >= 11 is 0. The molecule has 2 rings (SSSR count). The van der Waals surface area contributed by atoms with E-state index in [0.717, 1.165) is 25.9 Å². The van der Waals surface area contributed by atoms with Crippen LogP contribution in [0.3, 0.4) is 0 Å². The summed E-state index contributed by atoms with van der Waals surface area (Å²) in [6.45, 7) is 7.68. The van der Waals surface area contributed by atoms with Gasteiger partial charge in [-0.05, 0) is 61.4 Å². The lowest BCUT2D eigenvalue weighted by Gasteiger charge is -2.28. The first-order valence-electron chi connectivity index (χ1n) is 8.18. The van der Waals surface area contributed by atoms with E-state index >= 15 is 0 Å². The standard InChI is InChI=1S/C18H29NO/c1-5-13-11-14(6-2)17(15(7-3)12-13)18(19-4)16-9-8-10-20-16/h11-12,16,18-19H,5-10H2,1-4H3. The molecule has 2 heteroatoms. The minimum atomic E-state index is 0.336. The number of rotatable bonds is 6. The van der Waals surface area contributed by atoms with Crippen LogP contribution < -0.4 is 5.32 Å². The van der Waals surface area contributed by atoms with Crippen LogP contribution in [0.4, 0.5) is 0 Å². The molecular weight excluding hydrogens is 246 g/mol. The van der Waals surface area contributed by atoms with Crippen molar-refractivity contribution in [3.05, 3.63) is 34.4 Å². The number of likely N-dealkylation sites (N-methyl/N-ethyl adjacent to an activating group) is 1. The molecule has 1 aromatic carbocycles. The maximum absolute atomic E-state index is 5.95. The Balaban J connectivity index is 2.45. The van der Waals surface area contributed by atoms with E-state index in [9.17, 15) is 0 Å². The van der Waals surface area contributed by atoms with Crippen LogP contribution in [0, 0.1) is 0 Å². The fraction of sp³-hybridized carbons (Fsp3) is 0.667. The first kappa shape index (κ1) is 15.5. The number of hydrogen-bond acceptors (Lipinski definition) is 2. The summed E-state index contributed by atoms with van der Waals surface area (Å²) in [4.78, 5) is 0. The van der Waals surface area contributed by atoms with E-state index in [0.29, 0.717) is 12.1 Å². The molecule has 20 heavy (non-hydrogen) atoms.